The number of ether oxygens (including phenoxy) is 1. The summed E-state index contributed by atoms with van der Waals surface area (Å²) in [6, 6.07) is 12.8. The smallest absolute Gasteiger partial charge is 0.343 e. The van der Waals surface area contributed by atoms with Gasteiger partial charge in [-0.3, -0.25) is 4.79 Å². The lowest BCUT2D eigenvalue weighted by Crippen LogP contribution is -2.18. The van der Waals surface area contributed by atoms with E-state index in [0.29, 0.717) is 17.2 Å². The Balaban J connectivity index is 2.15. The van der Waals surface area contributed by atoms with Crippen molar-refractivity contribution in [1.82, 2.24) is 0 Å². The number of para-hydroxylation sites is 1. The minimum absolute atomic E-state index is 0.0363. The quantitative estimate of drug-likeness (QED) is 0.495. The summed E-state index contributed by atoms with van der Waals surface area (Å²) in [4.78, 5) is 26.4. The average Bonchev–Trinajstić information content (AvgIpc) is 3.15. The number of methoxy groups -OCH3 is 1. The molecule has 0 saturated heterocycles. The standard InChI is InChI=1S/C18H15NO4/c1-12-16(18(21)22-2)17(20)15(11-14-9-6-10-23-14)19(12)13-7-4-3-5-8-13/h3-11H,1-2H3/b15-11-. The van der Waals surface area contributed by atoms with Crippen LogP contribution in [-0.4, -0.2) is 18.9 Å². The molecule has 0 fully saturated rings. The number of hydrogen-bond acceptors (Lipinski definition) is 5. The van der Waals surface area contributed by atoms with Crippen molar-refractivity contribution >= 4 is 23.5 Å². The van der Waals surface area contributed by atoms with Crippen LogP contribution in [0.2, 0.25) is 0 Å². The van der Waals surface area contributed by atoms with Crippen molar-refractivity contribution < 1.29 is 18.7 Å². The van der Waals surface area contributed by atoms with Crippen molar-refractivity contribution in [3.8, 4) is 0 Å². The maximum absolute atomic E-state index is 12.7. The molecule has 0 N–H and O–H groups in total. The third-order valence-electron chi connectivity index (χ3n) is 3.62. The second-order valence-corrected chi connectivity index (χ2v) is 5.00. The van der Waals surface area contributed by atoms with Crippen LogP contribution in [0.25, 0.3) is 6.08 Å². The maximum Gasteiger partial charge on any atom is 0.343 e. The zero-order valence-corrected chi connectivity index (χ0v) is 12.8. The number of benzene rings is 1. The number of anilines is 1. The fraction of sp³-hybridized carbons (Fsp3) is 0.111. The van der Waals surface area contributed by atoms with Crippen molar-refractivity contribution in [1.29, 1.82) is 0 Å². The van der Waals surface area contributed by atoms with Crippen molar-refractivity contribution in [2.45, 2.75) is 6.92 Å². The van der Waals surface area contributed by atoms with E-state index in [2.05, 4.69) is 0 Å². The summed E-state index contributed by atoms with van der Waals surface area (Å²) in [5, 5.41) is 0. The molecule has 5 heteroatoms. The van der Waals surface area contributed by atoms with E-state index in [1.165, 1.54) is 13.4 Å². The van der Waals surface area contributed by atoms with Gasteiger partial charge in [0, 0.05) is 17.5 Å². The van der Waals surface area contributed by atoms with Gasteiger partial charge in [-0.2, -0.15) is 0 Å². The first kappa shape index (κ1) is 14.8. The van der Waals surface area contributed by atoms with Gasteiger partial charge in [-0.05, 0) is 31.2 Å². The number of rotatable bonds is 3. The van der Waals surface area contributed by atoms with E-state index in [0.717, 1.165) is 5.69 Å². The van der Waals surface area contributed by atoms with E-state index in [1.54, 1.807) is 30.0 Å². The normalized spacial score (nSPS) is 16.3. The Morgan fingerprint density at radius 1 is 1.17 bits per heavy atom. The molecule has 1 aromatic carbocycles. The summed E-state index contributed by atoms with van der Waals surface area (Å²) in [6.45, 7) is 1.72. The molecular formula is C18H15NO4. The van der Waals surface area contributed by atoms with Gasteiger partial charge in [0.1, 0.15) is 11.3 Å². The van der Waals surface area contributed by atoms with Crippen molar-refractivity contribution in [2.75, 3.05) is 12.0 Å². The third kappa shape index (κ3) is 2.57. The Bertz CT molecular complexity index is 801. The van der Waals surface area contributed by atoms with Crippen LogP contribution in [-0.2, 0) is 14.3 Å². The van der Waals surface area contributed by atoms with Crippen LogP contribution in [0.5, 0.6) is 0 Å². The van der Waals surface area contributed by atoms with Crippen LogP contribution in [0.3, 0.4) is 0 Å². The first-order valence-corrected chi connectivity index (χ1v) is 7.07. The molecule has 3 rings (SSSR count). The highest BCUT2D eigenvalue weighted by molar-refractivity contribution is 6.30. The van der Waals surface area contributed by atoms with Gasteiger partial charge in [-0.25, -0.2) is 4.79 Å². The summed E-state index contributed by atoms with van der Waals surface area (Å²) in [5.74, 6) is -0.487. The van der Waals surface area contributed by atoms with Gasteiger partial charge in [-0.1, -0.05) is 18.2 Å². The van der Waals surface area contributed by atoms with Crippen LogP contribution in [0.15, 0.2) is 70.1 Å². The summed E-state index contributed by atoms with van der Waals surface area (Å²) in [6.07, 6.45) is 3.15. The molecule has 0 spiro atoms. The molecule has 0 bridgehead atoms. The van der Waals surface area contributed by atoms with E-state index >= 15 is 0 Å². The number of esters is 1. The molecule has 116 valence electrons. The number of Topliss-reactive ketones (excluding diaryl/α,β-unsaturated/α-hetero) is 1. The molecule has 2 heterocycles. The third-order valence-corrected chi connectivity index (χ3v) is 3.62. The minimum atomic E-state index is -0.642. The molecule has 0 atom stereocenters. The van der Waals surface area contributed by atoms with Crippen molar-refractivity contribution in [3.05, 3.63) is 71.5 Å². The second-order valence-electron chi connectivity index (χ2n) is 5.00. The first-order chi connectivity index (χ1) is 11.1. The topological polar surface area (TPSA) is 59.8 Å². The number of hydrogen-bond donors (Lipinski definition) is 0. The number of carbonyl (C=O) groups excluding carboxylic acids is 2. The Morgan fingerprint density at radius 3 is 2.52 bits per heavy atom. The van der Waals surface area contributed by atoms with E-state index in [9.17, 15) is 9.59 Å². The van der Waals surface area contributed by atoms with Crippen LogP contribution >= 0.6 is 0 Å². The highest BCUT2D eigenvalue weighted by atomic mass is 16.5. The zero-order chi connectivity index (χ0) is 16.4. The van der Waals surface area contributed by atoms with Gasteiger partial charge in [0.2, 0.25) is 5.78 Å². The highest BCUT2D eigenvalue weighted by Gasteiger charge is 2.38. The zero-order valence-electron chi connectivity index (χ0n) is 12.8. The Hall–Kier alpha value is -3.08. The number of furan rings is 1. The molecule has 1 aliphatic rings. The number of nitrogens with zero attached hydrogens (tertiary/aromatic N) is 1. The van der Waals surface area contributed by atoms with E-state index in [-0.39, 0.29) is 11.4 Å². The van der Waals surface area contributed by atoms with Gasteiger partial charge in [-0.15, -0.1) is 0 Å². The lowest BCUT2D eigenvalue weighted by atomic mass is 10.1. The molecule has 0 amide bonds. The predicted molar refractivity (Wildman–Crippen MR) is 85.3 cm³/mol. The van der Waals surface area contributed by atoms with Crippen LogP contribution in [0.1, 0.15) is 12.7 Å². The molecule has 0 aliphatic carbocycles. The molecular weight excluding hydrogens is 294 g/mol. The number of carbonyl (C=O) groups is 2. The summed E-state index contributed by atoms with van der Waals surface area (Å²) in [5.41, 5.74) is 1.71. The van der Waals surface area contributed by atoms with Crippen molar-refractivity contribution in [3.63, 3.8) is 0 Å². The van der Waals surface area contributed by atoms with Crippen molar-refractivity contribution in [2.24, 2.45) is 0 Å². The van der Waals surface area contributed by atoms with Gasteiger partial charge in [0.05, 0.1) is 19.1 Å². The Morgan fingerprint density at radius 2 is 1.91 bits per heavy atom. The van der Waals surface area contributed by atoms with Gasteiger partial charge in [0.15, 0.2) is 0 Å². The molecule has 23 heavy (non-hydrogen) atoms. The van der Waals surface area contributed by atoms with Crippen LogP contribution in [0, 0.1) is 0 Å². The predicted octanol–water partition coefficient (Wildman–Crippen LogP) is 3.16. The average molecular weight is 309 g/mol. The summed E-state index contributed by atoms with van der Waals surface area (Å²) >= 11 is 0. The fourth-order valence-corrected chi connectivity index (χ4v) is 2.58. The molecule has 0 radical (unpaired) electrons. The summed E-state index contributed by atoms with van der Waals surface area (Å²) in [7, 11) is 1.26. The summed E-state index contributed by atoms with van der Waals surface area (Å²) < 4.78 is 10.0. The maximum atomic E-state index is 12.7. The first-order valence-electron chi connectivity index (χ1n) is 7.07. The minimum Gasteiger partial charge on any atom is -0.465 e. The Kier molecular flexibility index (Phi) is 3.85. The highest BCUT2D eigenvalue weighted by Crippen LogP contribution is 2.35. The molecule has 1 aromatic heterocycles. The van der Waals surface area contributed by atoms with E-state index in [4.69, 9.17) is 9.15 Å². The lowest BCUT2D eigenvalue weighted by molar-refractivity contribution is -0.137. The number of ketones is 1. The Labute approximate surface area is 133 Å². The molecule has 5 nitrogen and oxygen atoms in total. The lowest BCUT2D eigenvalue weighted by Gasteiger charge is -2.21. The van der Waals surface area contributed by atoms with Gasteiger partial charge >= 0.3 is 5.97 Å². The molecule has 1 aliphatic heterocycles. The SMILES string of the molecule is COC(=O)C1=C(C)N(c2ccccc2)/C(=C\c2ccco2)C1=O. The second kappa shape index (κ2) is 5.96. The fourth-order valence-electron chi connectivity index (χ4n) is 2.58. The van der Waals surface area contributed by atoms with E-state index < -0.39 is 5.97 Å². The molecule has 2 aromatic rings. The monoisotopic (exact) mass is 309 g/mol. The molecule has 0 saturated carbocycles. The van der Waals surface area contributed by atoms with E-state index in [1.807, 2.05) is 30.3 Å². The molecule has 0 unspecified atom stereocenters. The van der Waals surface area contributed by atoms with Crippen LogP contribution < -0.4 is 4.90 Å². The number of allylic oxidation sites excluding steroid dienone is 2. The van der Waals surface area contributed by atoms with Gasteiger partial charge < -0.3 is 14.1 Å². The van der Waals surface area contributed by atoms with Gasteiger partial charge in [0.25, 0.3) is 0 Å². The van der Waals surface area contributed by atoms with Crippen LogP contribution in [0.4, 0.5) is 5.69 Å². The largest absolute Gasteiger partial charge is 0.465 e.